The van der Waals surface area contributed by atoms with Crippen molar-refractivity contribution >= 4 is 33.1 Å². The third kappa shape index (κ3) is 2.23. The summed E-state index contributed by atoms with van der Waals surface area (Å²) in [6, 6.07) is 9.34. The zero-order valence-electron chi connectivity index (χ0n) is 10.6. The summed E-state index contributed by atoms with van der Waals surface area (Å²) in [6.07, 6.45) is 1.68. The van der Waals surface area contributed by atoms with Gasteiger partial charge in [-0.2, -0.15) is 0 Å². The third-order valence-electron chi connectivity index (χ3n) is 3.73. The summed E-state index contributed by atoms with van der Waals surface area (Å²) >= 11 is 9.53. The van der Waals surface area contributed by atoms with Crippen LogP contribution in [0.3, 0.4) is 0 Å². The van der Waals surface area contributed by atoms with Gasteiger partial charge >= 0.3 is 0 Å². The highest BCUT2D eigenvalue weighted by Gasteiger charge is 2.51. The van der Waals surface area contributed by atoms with Gasteiger partial charge in [-0.25, -0.2) is 0 Å². The first-order valence-corrected chi connectivity index (χ1v) is 7.03. The van der Waals surface area contributed by atoms with E-state index >= 15 is 0 Å². The maximum absolute atomic E-state index is 11.6. The highest BCUT2D eigenvalue weighted by Crippen LogP contribution is 2.47. The number of hydrogen-bond acceptors (Lipinski definition) is 2. The Labute approximate surface area is 125 Å². The molecular weight excluding hydrogens is 330 g/mol. The number of halogens is 2. The van der Waals surface area contributed by atoms with Gasteiger partial charge in [-0.1, -0.05) is 64.8 Å². The molecule has 0 spiro atoms. The molecule has 0 aromatic heterocycles. The second kappa shape index (κ2) is 5.10. The van der Waals surface area contributed by atoms with Gasteiger partial charge in [0.1, 0.15) is 0 Å². The fourth-order valence-corrected chi connectivity index (χ4v) is 3.11. The summed E-state index contributed by atoms with van der Waals surface area (Å²) in [5.41, 5.74) is 0.268. The first kappa shape index (κ1) is 14.3. The van der Waals surface area contributed by atoms with Gasteiger partial charge in [0.15, 0.2) is 0 Å². The first-order valence-electron chi connectivity index (χ1n) is 5.86. The van der Waals surface area contributed by atoms with Crippen LogP contribution in [-0.4, -0.2) is 10.5 Å². The van der Waals surface area contributed by atoms with E-state index in [0.717, 1.165) is 5.56 Å². The van der Waals surface area contributed by atoms with Crippen LogP contribution in [0.4, 0.5) is 0 Å². The molecule has 0 radical (unpaired) electrons. The molecule has 0 aliphatic heterocycles. The lowest BCUT2D eigenvalue weighted by atomic mass is 9.75. The second-order valence-corrected chi connectivity index (χ2v) is 6.01. The normalized spacial score (nSPS) is 27.2. The van der Waals surface area contributed by atoms with Crippen molar-refractivity contribution in [2.75, 3.05) is 0 Å². The molecule has 2 rings (SSSR count). The lowest BCUT2D eigenvalue weighted by molar-refractivity contribution is -0.553. The fourth-order valence-electron chi connectivity index (χ4n) is 2.28. The van der Waals surface area contributed by atoms with E-state index in [2.05, 4.69) is 15.9 Å². The molecule has 0 saturated carbocycles. The topological polar surface area (TPSA) is 43.1 Å². The van der Waals surface area contributed by atoms with E-state index in [4.69, 9.17) is 11.6 Å². The number of nitrogens with zero attached hydrogens (tertiary/aromatic N) is 1. The van der Waals surface area contributed by atoms with E-state index in [1.165, 1.54) is 0 Å². The molecule has 3 nitrogen and oxygen atoms in total. The fraction of sp³-hybridized carbons (Fsp3) is 0.286. The molecule has 0 saturated heterocycles. The predicted octanol–water partition coefficient (Wildman–Crippen LogP) is 4.60. The molecule has 0 amide bonds. The molecule has 100 valence electrons. The van der Waals surface area contributed by atoms with Crippen LogP contribution in [0.5, 0.6) is 0 Å². The number of allylic oxidation sites excluding steroid dienone is 2. The standard InChI is InChI=1S/C14H13BrClNO2/c1-9-13(15)12(16)8-11(14(9,2)17(18)19)10-6-4-3-5-7-10/h3-9H,1-2H3. The van der Waals surface area contributed by atoms with Crippen molar-refractivity contribution in [1.82, 2.24) is 0 Å². The SMILES string of the molecule is CC1C(Br)=C(Cl)C=C(c2ccccc2)C1(C)[N+](=O)[O-]. The molecule has 1 aromatic carbocycles. The lowest BCUT2D eigenvalue weighted by Crippen LogP contribution is -2.44. The van der Waals surface area contributed by atoms with Crippen LogP contribution in [0.2, 0.25) is 0 Å². The Balaban J connectivity index is 2.67. The van der Waals surface area contributed by atoms with E-state index in [1.807, 2.05) is 37.3 Å². The predicted molar refractivity (Wildman–Crippen MR) is 80.8 cm³/mol. The highest BCUT2D eigenvalue weighted by molar-refractivity contribution is 9.11. The maximum atomic E-state index is 11.6. The van der Waals surface area contributed by atoms with E-state index in [-0.39, 0.29) is 10.8 Å². The molecule has 0 N–H and O–H groups in total. The minimum absolute atomic E-state index is 0.235. The average Bonchev–Trinajstić information content (AvgIpc) is 2.41. The van der Waals surface area contributed by atoms with Gasteiger partial charge in [0.2, 0.25) is 0 Å². The quantitative estimate of drug-likeness (QED) is 0.582. The summed E-state index contributed by atoms with van der Waals surface area (Å²) in [4.78, 5) is 11.4. The first-order chi connectivity index (χ1) is 8.89. The Morgan fingerprint density at radius 1 is 1.37 bits per heavy atom. The van der Waals surface area contributed by atoms with Crippen LogP contribution in [0.25, 0.3) is 5.57 Å². The molecule has 5 heteroatoms. The summed E-state index contributed by atoms with van der Waals surface area (Å²) in [6.45, 7) is 3.45. The molecule has 0 bridgehead atoms. The average molecular weight is 343 g/mol. The minimum atomic E-state index is -1.20. The lowest BCUT2D eigenvalue weighted by Gasteiger charge is -2.33. The molecule has 2 atom stereocenters. The zero-order valence-corrected chi connectivity index (χ0v) is 12.9. The van der Waals surface area contributed by atoms with E-state index in [0.29, 0.717) is 15.1 Å². The molecule has 19 heavy (non-hydrogen) atoms. The van der Waals surface area contributed by atoms with Gasteiger partial charge in [0.25, 0.3) is 5.54 Å². The van der Waals surface area contributed by atoms with Crippen LogP contribution in [-0.2, 0) is 0 Å². The molecular formula is C14H13BrClNO2. The zero-order chi connectivity index (χ0) is 14.2. The van der Waals surface area contributed by atoms with Gasteiger partial charge in [-0.05, 0) is 11.6 Å². The van der Waals surface area contributed by atoms with Gasteiger partial charge in [0, 0.05) is 21.9 Å². The molecule has 2 unspecified atom stereocenters. The molecule has 0 heterocycles. The van der Waals surface area contributed by atoms with Gasteiger partial charge in [-0.3, -0.25) is 10.1 Å². The minimum Gasteiger partial charge on any atom is -0.264 e. The van der Waals surface area contributed by atoms with Crippen molar-refractivity contribution in [2.24, 2.45) is 5.92 Å². The smallest absolute Gasteiger partial charge is 0.252 e. The van der Waals surface area contributed by atoms with Crippen LogP contribution in [0, 0.1) is 16.0 Å². The van der Waals surface area contributed by atoms with E-state index in [1.54, 1.807) is 13.0 Å². The maximum Gasteiger partial charge on any atom is 0.252 e. The van der Waals surface area contributed by atoms with E-state index < -0.39 is 5.54 Å². The van der Waals surface area contributed by atoms with Gasteiger partial charge < -0.3 is 0 Å². The summed E-state index contributed by atoms with van der Waals surface area (Å²) in [5.74, 6) is -0.324. The van der Waals surface area contributed by atoms with Crippen LogP contribution >= 0.6 is 27.5 Å². The Morgan fingerprint density at radius 3 is 2.47 bits per heavy atom. The van der Waals surface area contributed by atoms with Gasteiger partial charge in [-0.15, -0.1) is 0 Å². The van der Waals surface area contributed by atoms with Crippen molar-refractivity contribution in [3.05, 3.63) is 61.6 Å². The Hall–Kier alpha value is -1.13. The summed E-state index contributed by atoms with van der Waals surface area (Å²) in [5, 5.41) is 12.1. The van der Waals surface area contributed by atoms with E-state index in [9.17, 15) is 10.1 Å². The molecule has 1 aliphatic rings. The van der Waals surface area contributed by atoms with Crippen LogP contribution in [0.1, 0.15) is 19.4 Å². The number of nitro groups is 1. The van der Waals surface area contributed by atoms with Crippen molar-refractivity contribution in [3.8, 4) is 0 Å². The Kier molecular flexibility index (Phi) is 3.83. The summed E-state index contributed by atoms with van der Waals surface area (Å²) in [7, 11) is 0. The van der Waals surface area contributed by atoms with Crippen molar-refractivity contribution in [1.29, 1.82) is 0 Å². The van der Waals surface area contributed by atoms with Crippen LogP contribution in [0.15, 0.2) is 45.9 Å². The highest BCUT2D eigenvalue weighted by atomic mass is 79.9. The number of rotatable bonds is 2. The van der Waals surface area contributed by atoms with Crippen molar-refractivity contribution in [3.63, 3.8) is 0 Å². The van der Waals surface area contributed by atoms with Crippen molar-refractivity contribution in [2.45, 2.75) is 19.4 Å². The Morgan fingerprint density at radius 2 is 1.95 bits per heavy atom. The number of hydrogen-bond donors (Lipinski definition) is 0. The van der Waals surface area contributed by atoms with Gasteiger partial charge in [0.05, 0.1) is 11.0 Å². The molecule has 1 aromatic rings. The largest absolute Gasteiger partial charge is 0.264 e. The van der Waals surface area contributed by atoms with Crippen LogP contribution < -0.4 is 0 Å². The second-order valence-electron chi connectivity index (χ2n) is 4.75. The molecule has 1 aliphatic carbocycles. The number of benzene rings is 1. The van der Waals surface area contributed by atoms with Crippen molar-refractivity contribution < 1.29 is 4.92 Å². The Bertz CT molecular complexity index is 582. The monoisotopic (exact) mass is 341 g/mol. The molecule has 0 fully saturated rings. The third-order valence-corrected chi connectivity index (χ3v) is 5.39. The summed E-state index contributed by atoms with van der Waals surface area (Å²) < 4.78 is 0.674.